The number of carbonyl (C=O) groups excluding carboxylic acids is 1. The van der Waals surface area contributed by atoms with E-state index in [2.05, 4.69) is 68.6 Å². The number of hydrogen-bond donors (Lipinski definition) is 4. The average molecular weight is 488 g/mol. The monoisotopic (exact) mass is 487 g/mol. The SMILES string of the molecule is C=CCNC(=O)c1cnc(Nc2ccc(CCCN(C)C)cc2)nc1Nc1ccc2c(n1)C(O)CC2. The number of amides is 1. The van der Waals surface area contributed by atoms with Crippen LogP contribution in [0.3, 0.4) is 0 Å². The molecular weight excluding hydrogens is 454 g/mol. The highest BCUT2D eigenvalue weighted by molar-refractivity contribution is 5.99. The molecule has 36 heavy (non-hydrogen) atoms. The summed E-state index contributed by atoms with van der Waals surface area (Å²) in [6.07, 6.45) is 6.08. The molecule has 1 aliphatic carbocycles. The highest BCUT2D eigenvalue weighted by Crippen LogP contribution is 2.31. The number of nitrogens with zero attached hydrogens (tertiary/aromatic N) is 4. The van der Waals surface area contributed by atoms with Gasteiger partial charge >= 0.3 is 0 Å². The second-order valence-corrected chi connectivity index (χ2v) is 9.10. The van der Waals surface area contributed by atoms with Gasteiger partial charge in [-0.15, -0.1) is 6.58 Å². The summed E-state index contributed by atoms with van der Waals surface area (Å²) in [4.78, 5) is 28.4. The third-order valence-corrected chi connectivity index (χ3v) is 5.98. The fourth-order valence-electron chi connectivity index (χ4n) is 4.07. The van der Waals surface area contributed by atoms with Gasteiger partial charge in [0.2, 0.25) is 5.95 Å². The molecule has 0 bridgehead atoms. The second-order valence-electron chi connectivity index (χ2n) is 9.10. The van der Waals surface area contributed by atoms with Crippen LogP contribution in [0.25, 0.3) is 0 Å². The van der Waals surface area contributed by atoms with E-state index in [-0.39, 0.29) is 11.5 Å². The van der Waals surface area contributed by atoms with Crippen molar-refractivity contribution in [3.63, 3.8) is 0 Å². The van der Waals surface area contributed by atoms with Gasteiger partial charge in [-0.3, -0.25) is 4.79 Å². The molecule has 1 aromatic carbocycles. The summed E-state index contributed by atoms with van der Waals surface area (Å²) in [6, 6.07) is 11.9. The van der Waals surface area contributed by atoms with Gasteiger partial charge in [0.1, 0.15) is 17.2 Å². The molecule has 9 heteroatoms. The number of nitrogens with one attached hydrogen (secondary N) is 3. The maximum absolute atomic E-state index is 12.7. The Morgan fingerprint density at radius 2 is 1.97 bits per heavy atom. The number of aliphatic hydroxyl groups excluding tert-OH is 1. The summed E-state index contributed by atoms with van der Waals surface area (Å²) < 4.78 is 0. The van der Waals surface area contributed by atoms with Crippen molar-refractivity contribution in [1.29, 1.82) is 0 Å². The van der Waals surface area contributed by atoms with Crippen molar-refractivity contribution in [1.82, 2.24) is 25.2 Å². The van der Waals surface area contributed by atoms with Crippen LogP contribution in [0.2, 0.25) is 0 Å². The van der Waals surface area contributed by atoms with Crippen LogP contribution in [-0.2, 0) is 12.8 Å². The molecule has 0 saturated carbocycles. The number of pyridine rings is 1. The highest BCUT2D eigenvalue weighted by Gasteiger charge is 2.23. The standard InChI is InChI=1S/C27H33N7O2/c1-4-15-28-26(36)21-17-29-27(30-20-11-7-18(8-12-20)6-5-16-34(2)3)33-25(21)32-23-14-10-19-9-13-22(35)24(19)31-23/h4,7-8,10-12,14,17,22,35H,1,5-6,9,13,15-16H2,2-3H3,(H,28,36)(H2,29,30,31,32,33). The minimum Gasteiger partial charge on any atom is -0.387 e. The topological polar surface area (TPSA) is 115 Å². The Morgan fingerprint density at radius 3 is 2.72 bits per heavy atom. The lowest BCUT2D eigenvalue weighted by molar-refractivity contribution is 0.0958. The van der Waals surface area contributed by atoms with E-state index in [1.165, 1.54) is 11.8 Å². The van der Waals surface area contributed by atoms with E-state index >= 15 is 0 Å². The Kier molecular flexibility index (Phi) is 8.24. The van der Waals surface area contributed by atoms with Crippen LogP contribution >= 0.6 is 0 Å². The Hall–Kier alpha value is -3.82. The van der Waals surface area contributed by atoms with Crippen LogP contribution in [0.5, 0.6) is 0 Å². The molecule has 1 aliphatic rings. The zero-order valence-corrected chi connectivity index (χ0v) is 20.8. The van der Waals surface area contributed by atoms with Gasteiger partial charge < -0.3 is 26.0 Å². The van der Waals surface area contributed by atoms with Crippen molar-refractivity contribution in [2.24, 2.45) is 0 Å². The second kappa shape index (κ2) is 11.7. The first-order chi connectivity index (χ1) is 17.4. The van der Waals surface area contributed by atoms with E-state index in [0.717, 1.165) is 37.1 Å². The summed E-state index contributed by atoms with van der Waals surface area (Å²) in [6.45, 7) is 5.01. The molecular formula is C27H33N7O2. The molecule has 1 unspecified atom stereocenters. The Morgan fingerprint density at radius 1 is 1.17 bits per heavy atom. The first kappa shape index (κ1) is 25.3. The molecule has 0 aliphatic heterocycles. The molecule has 9 nitrogen and oxygen atoms in total. The molecule has 2 aromatic heterocycles. The molecule has 4 rings (SSSR count). The van der Waals surface area contributed by atoms with E-state index in [0.29, 0.717) is 36.2 Å². The van der Waals surface area contributed by atoms with Crippen molar-refractivity contribution < 1.29 is 9.90 Å². The third kappa shape index (κ3) is 6.44. The van der Waals surface area contributed by atoms with Gasteiger partial charge in [-0.05, 0) is 75.6 Å². The highest BCUT2D eigenvalue weighted by atomic mass is 16.3. The number of rotatable bonds is 11. The maximum atomic E-state index is 12.7. The number of aromatic nitrogens is 3. The Labute approximate surface area is 211 Å². The largest absolute Gasteiger partial charge is 0.387 e. The summed E-state index contributed by atoms with van der Waals surface area (Å²) in [5.74, 6) is 0.833. The van der Waals surface area contributed by atoms with Crippen LogP contribution in [0.1, 0.15) is 46.1 Å². The van der Waals surface area contributed by atoms with Crippen LogP contribution in [0.15, 0.2) is 55.3 Å². The zero-order chi connectivity index (χ0) is 25.5. The molecule has 1 atom stereocenters. The van der Waals surface area contributed by atoms with Crippen molar-refractivity contribution >= 4 is 29.2 Å². The van der Waals surface area contributed by atoms with Gasteiger partial charge in [0.15, 0.2) is 0 Å². The lowest BCUT2D eigenvalue weighted by atomic mass is 10.1. The van der Waals surface area contributed by atoms with E-state index in [1.54, 1.807) is 6.08 Å². The number of benzene rings is 1. The number of hydrogen-bond acceptors (Lipinski definition) is 8. The lowest BCUT2D eigenvalue weighted by Gasteiger charge is -2.14. The fourth-order valence-corrected chi connectivity index (χ4v) is 4.07. The zero-order valence-electron chi connectivity index (χ0n) is 20.8. The normalized spacial score (nSPS) is 14.4. The van der Waals surface area contributed by atoms with Gasteiger partial charge in [-0.25, -0.2) is 9.97 Å². The first-order valence-electron chi connectivity index (χ1n) is 12.1. The number of aryl methyl sites for hydroxylation is 2. The molecule has 0 spiro atoms. The van der Waals surface area contributed by atoms with Gasteiger partial charge in [-0.1, -0.05) is 24.3 Å². The summed E-state index contributed by atoms with van der Waals surface area (Å²) in [5.41, 5.74) is 4.09. The molecule has 0 radical (unpaired) electrons. The predicted octanol–water partition coefficient (Wildman–Crippen LogP) is 3.75. The van der Waals surface area contributed by atoms with Crippen LogP contribution in [0.4, 0.5) is 23.3 Å². The molecule has 3 aromatic rings. The third-order valence-electron chi connectivity index (χ3n) is 5.98. The van der Waals surface area contributed by atoms with Crippen LogP contribution < -0.4 is 16.0 Å². The minimum atomic E-state index is -0.578. The predicted molar refractivity (Wildman–Crippen MR) is 142 cm³/mol. The van der Waals surface area contributed by atoms with Gasteiger partial charge in [-0.2, -0.15) is 4.98 Å². The maximum Gasteiger partial charge on any atom is 0.256 e. The van der Waals surface area contributed by atoms with Gasteiger partial charge in [0.05, 0.1) is 11.8 Å². The Bertz CT molecular complexity index is 1210. The molecule has 188 valence electrons. The molecule has 1 amide bonds. The van der Waals surface area contributed by atoms with Crippen molar-refractivity contribution in [2.75, 3.05) is 37.8 Å². The number of aliphatic hydroxyl groups is 1. The fraction of sp³-hybridized carbons (Fsp3) is 0.333. The summed E-state index contributed by atoms with van der Waals surface area (Å²) in [7, 11) is 4.16. The van der Waals surface area contributed by atoms with Crippen molar-refractivity contribution in [3.8, 4) is 0 Å². The number of fused-ring (bicyclic) bond motifs is 1. The molecule has 4 N–H and O–H groups in total. The molecule has 2 heterocycles. The van der Waals surface area contributed by atoms with Crippen LogP contribution in [0, 0.1) is 0 Å². The van der Waals surface area contributed by atoms with Gasteiger partial charge in [0.25, 0.3) is 5.91 Å². The average Bonchev–Trinajstić information content (AvgIpc) is 3.23. The smallest absolute Gasteiger partial charge is 0.256 e. The van der Waals surface area contributed by atoms with E-state index in [1.807, 2.05) is 24.3 Å². The lowest BCUT2D eigenvalue weighted by Crippen LogP contribution is -2.25. The van der Waals surface area contributed by atoms with Crippen LogP contribution in [-0.4, -0.2) is 58.1 Å². The quantitative estimate of drug-likeness (QED) is 0.302. The van der Waals surface area contributed by atoms with Gasteiger partial charge in [0, 0.05) is 18.4 Å². The summed E-state index contributed by atoms with van der Waals surface area (Å²) in [5, 5.41) is 19.3. The van der Waals surface area contributed by atoms with Crippen molar-refractivity contribution in [2.45, 2.75) is 31.8 Å². The van der Waals surface area contributed by atoms with Crippen molar-refractivity contribution in [3.05, 3.63) is 77.6 Å². The first-order valence-corrected chi connectivity index (χ1v) is 12.1. The van der Waals surface area contributed by atoms with E-state index in [9.17, 15) is 9.90 Å². The minimum absolute atomic E-state index is 0.279. The molecule has 0 saturated heterocycles. The summed E-state index contributed by atoms with van der Waals surface area (Å²) >= 11 is 0. The van der Waals surface area contributed by atoms with E-state index < -0.39 is 6.10 Å². The van der Waals surface area contributed by atoms with E-state index in [4.69, 9.17) is 0 Å². The number of carbonyl (C=O) groups is 1. The Balaban J connectivity index is 1.53. The molecule has 0 fully saturated rings. The number of anilines is 4.